The van der Waals surface area contributed by atoms with Crippen molar-refractivity contribution in [3.63, 3.8) is 0 Å². The van der Waals surface area contributed by atoms with E-state index in [9.17, 15) is 5.11 Å². The van der Waals surface area contributed by atoms with Gasteiger partial charge < -0.3 is 5.11 Å². The van der Waals surface area contributed by atoms with Crippen molar-refractivity contribution in [3.8, 4) is 0 Å². The van der Waals surface area contributed by atoms with Crippen molar-refractivity contribution in [2.45, 2.75) is 58.5 Å². The molecule has 1 aliphatic carbocycles. The predicted octanol–water partition coefficient (Wildman–Crippen LogP) is 3.90. The monoisotopic (exact) mass is 232 g/mol. The number of benzene rings is 1. The lowest BCUT2D eigenvalue weighted by Crippen LogP contribution is -2.50. The molecule has 0 saturated heterocycles. The molecule has 2 rings (SSSR count). The van der Waals surface area contributed by atoms with E-state index in [2.05, 4.69) is 45.0 Å². The second-order valence-corrected chi connectivity index (χ2v) is 5.34. The van der Waals surface area contributed by atoms with Gasteiger partial charge in [0, 0.05) is 5.41 Å². The Bertz CT molecular complexity index is 362. The van der Waals surface area contributed by atoms with Crippen molar-refractivity contribution in [2.75, 3.05) is 0 Å². The van der Waals surface area contributed by atoms with Crippen LogP contribution in [0.2, 0.25) is 0 Å². The molecule has 1 aliphatic rings. The number of hydrogen-bond acceptors (Lipinski definition) is 1. The Morgan fingerprint density at radius 2 is 1.71 bits per heavy atom. The normalized spacial score (nSPS) is 26.6. The fourth-order valence-electron chi connectivity index (χ4n) is 3.43. The maximum absolute atomic E-state index is 10.1. The van der Waals surface area contributed by atoms with Gasteiger partial charge in [-0.2, -0.15) is 0 Å². The van der Waals surface area contributed by atoms with Gasteiger partial charge in [0.2, 0.25) is 0 Å². The summed E-state index contributed by atoms with van der Waals surface area (Å²) >= 11 is 0. The van der Waals surface area contributed by atoms with Crippen LogP contribution in [0.1, 0.15) is 57.1 Å². The van der Waals surface area contributed by atoms with Crippen molar-refractivity contribution in [3.05, 3.63) is 35.4 Å². The summed E-state index contributed by atoms with van der Waals surface area (Å²) in [5, 5.41) is 10.1. The van der Waals surface area contributed by atoms with E-state index in [0.29, 0.717) is 5.92 Å². The van der Waals surface area contributed by atoms with Gasteiger partial charge in [-0.15, -0.1) is 0 Å². The molecule has 1 heteroatoms. The lowest BCUT2D eigenvalue weighted by atomic mass is 9.53. The van der Waals surface area contributed by atoms with Gasteiger partial charge in [0.05, 0.1) is 6.10 Å². The molecule has 0 radical (unpaired) electrons. The molecule has 1 N–H and O–H groups in total. The number of aliphatic hydroxyl groups excluding tert-OH is 1. The minimum absolute atomic E-state index is 0.103. The average Bonchev–Trinajstić information content (AvgIpc) is 2.38. The van der Waals surface area contributed by atoms with Gasteiger partial charge in [-0.05, 0) is 42.7 Å². The summed E-state index contributed by atoms with van der Waals surface area (Å²) in [6, 6.07) is 8.98. The second kappa shape index (κ2) is 4.81. The molecule has 0 amide bonds. The van der Waals surface area contributed by atoms with Crippen LogP contribution in [0.15, 0.2) is 24.3 Å². The van der Waals surface area contributed by atoms with Crippen LogP contribution in [0.3, 0.4) is 0 Å². The number of hydrogen-bond donors (Lipinski definition) is 1. The van der Waals surface area contributed by atoms with E-state index >= 15 is 0 Å². The summed E-state index contributed by atoms with van der Waals surface area (Å²) in [6.45, 7) is 6.60. The van der Waals surface area contributed by atoms with Gasteiger partial charge in [-0.25, -0.2) is 0 Å². The van der Waals surface area contributed by atoms with E-state index in [-0.39, 0.29) is 11.5 Å². The first-order valence-electron chi connectivity index (χ1n) is 6.94. The third-order valence-corrected chi connectivity index (χ3v) is 4.92. The molecule has 2 atom stereocenters. The van der Waals surface area contributed by atoms with Crippen LogP contribution in [0.5, 0.6) is 0 Å². The first-order valence-corrected chi connectivity index (χ1v) is 6.94. The van der Waals surface area contributed by atoms with Crippen LogP contribution in [0.25, 0.3) is 0 Å². The van der Waals surface area contributed by atoms with Gasteiger partial charge in [-0.1, -0.05) is 45.0 Å². The Balaban J connectivity index is 2.22. The van der Waals surface area contributed by atoms with Crippen LogP contribution in [-0.4, -0.2) is 11.2 Å². The molecule has 1 aromatic rings. The first kappa shape index (κ1) is 12.6. The van der Waals surface area contributed by atoms with Gasteiger partial charge in [0.15, 0.2) is 0 Å². The molecular formula is C16H24O. The molecule has 1 fully saturated rings. The molecule has 1 saturated carbocycles. The molecular weight excluding hydrogens is 208 g/mol. The highest BCUT2D eigenvalue weighted by Crippen LogP contribution is 2.57. The topological polar surface area (TPSA) is 20.2 Å². The Kier molecular flexibility index (Phi) is 3.58. The van der Waals surface area contributed by atoms with Crippen molar-refractivity contribution in [1.82, 2.24) is 0 Å². The van der Waals surface area contributed by atoms with E-state index in [0.717, 1.165) is 25.7 Å². The Labute approximate surface area is 105 Å². The highest BCUT2D eigenvalue weighted by atomic mass is 16.3. The average molecular weight is 232 g/mol. The van der Waals surface area contributed by atoms with E-state index in [1.165, 1.54) is 11.1 Å². The minimum Gasteiger partial charge on any atom is -0.393 e. The Morgan fingerprint density at radius 1 is 1.12 bits per heavy atom. The van der Waals surface area contributed by atoms with Crippen molar-refractivity contribution in [2.24, 2.45) is 5.41 Å². The second-order valence-electron chi connectivity index (χ2n) is 5.34. The van der Waals surface area contributed by atoms with E-state index in [1.54, 1.807) is 0 Å². The molecule has 0 aromatic heterocycles. The molecule has 1 nitrogen and oxygen atoms in total. The molecule has 0 heterocycles. The van der Waals surface area contributed by atoms with Crippen LogP contribution in [0.4, 0.5) is 0 Å². The van der Waals surface area contributed by atoms with Crippen LogP contribution in [0, 0.1) is 5.41 Å². The van der Waals surface area contributed by atoms with Crippen molar-refractivity contribution >= 4 is 0 Å². The van der Waals surface area contributed by atoms with Crippen LogP contribution < -0.4 is 0 Å². The zero-order valence-electron chi connectivity index (χ0n) is 11.2. The summed E-state index contributed by atoms with van der Waals surface area (Å²) in [4.78, 5) is 0. The number of rotatable bonds is 4. The molecule has 17 heavy (non-hydrogen) atoms. The van der Waals surface area contributed by atoms with Gasteiger partial charge >= 0.3 is 0 Å². The molecule has 0 bridgehead atoms. The number of aliphatic hydroxyl groups is 1. The molecule has 2 unspecified atom stereocenters. The quantitative estimate of drug-likeness (QED) is 0.834. The maximum atomic E-state index is 10.1. The summed E-state index contributed by atoms with van der Waals surface area (Å²) in [6.07, 6.45) is 4.08. The predicted molar refractivity (Wildman–Crippen MR) is 72.2 cm³/mol. The highest BCUT2D eigenvalue weighted by molar-refractivity contribution is 5.30. The highest BCUT2D eigenvalue weighted by Gasteiger charge is 2.52. The third-order valence-electron chi connectivity index (χ3n) is 4.92. The molecule has 94 valence electrons. The molecule has 0 aliphatic heterocycles. The van der Waals surface area contributed by atoms with Crippen molar-refractivity contribution < 1.29 is 5.11 Å². The summed E-state index contributed by atoms with van der Waals surface area (Å²) in [5.41, 5.74) is 2.94. The SMILES string of the molecule is CCc1ccc(C2CC(O)C2(CC)CC)cc1. The molecule has 0 spiro atoms. The lowest BCUT2D eigenvalue weighted by Gasteiger charge is -2.54. The standard InChI is InChI=1S/C16H24O/c1-4-12-7-9-13(10-8-12)14-11-15(17)16(14,5-2)6-3/h7-10,14-15,17H,4-6,11H2,1-3H3. The summed E-state index contributed by atoms with van der Waals surface area (Å²) < 4.78 is 0. The lowest BCUT2D eigenvalue weighted by molar-refractivity contribution is -0.0932. The third kappa shape index (κ3) is 1.91. The summed E-state index contributed by atoms with van der Waals surface area (Å²) in [7, 11) is 0. The fraction of sp³-hybridized carbons (Fsp3) is 0.625. The van der Waals surface area contributed by atoms with Gasteiger partial charge in [0.1, 0.15) is 0 Å². The number of aryl methyl sites for hydroxylation is 1. The van der Waals surface area contributed by atoms with Crippen molar-refractivity contribution in [1.29, 1.82) is 0 Å². The zero-order valence-corrected chi connectivity index (χ0v) is 11.2. The maximum Gasteiger partial charge on any atom is 0.0608 e. The van der Waals surface area contributed by atoms with Gasteiger partial charge in [0.25, 0.3) is 0 Å². The largest absolute Gasteiger partial charge is 0.393 e. The van der Waals surface area contributed by atoms with E-state index in [4.69, 9.17) is 0 Å². The van der Waals surface area contributed by atoms with E-state index in [1.807, 2.05) is 0 Å². The van der Waals surface area contributed by atoms with Crippen LogP contribution in [-0.2, 0) is 6.42 Å². The fourth-order valence-corrected chi connectivity index (χ4v) is 3.43. The van der Waals surface area contributed by atoms with Crippen LogP contribution >= 0.6 is 0 Å². The molecule has 1 aromatic carbocycles. The minimum atomic E-state index is -0.103. The Hall–Kier alpha value is -0.820. The zero-order chi connectivity index (χ0) is 12.5. The van der Waals surface area contributed by atoms with Gasteiger partial charge in [-0.3, -0.25) is 0 Å². The Morgan fingerprint density at radius 3 is 2.12 bits per heavy atom. The van der Waals surface area contributed by atoms with E-state index < -0.39 is 0 Å². The first-order chi connectivity index (χ1) is 8.17. The smallest absolute Gasteiger partial charge is 0.0608 e. The summed E-state index contributed by atoms with van der Waals surface area (Å²) in [5.74, 6) is 0.554.